The molecular weight excluding hydrogens is 404 g/mol. The first-order valence-electron chi connectivity index (χ1n) is 9.76. The number of benzene rings is 2. The monoisotopic (exact) mass is 432 g/mol. The second-order valence-electron chi connectivity index (χ2n) is 7.26. The summed E-state index contributed by atoms with van der Waals surface area (Å²) in [6.07, 6.45) is 1.57. The summed E-state index contributed by atoms with van der Waals surface area (Å²) in [5, 5.41) is 2.77. The second-order valence-corrected chi connectivity index (χ2v) is 8.97. The van der Waals surface area contributed by atoms with Gasteiger partial charge in [0.15, 0.2) is 6.61 Å². The minimum atomic E-state index is -3.86. The van der Waals surface area contributed by atoms with E-state index in [1.807, 2.05) is 44.2 Å². The maximum absolute atomic E-state index is 12.3. The van der Waals surface area contributed by atoms with E-state index in [0.29, 0.717) is 0 Å². The number of hydrogen-bond acceptors (Lipinski definition) is 5. The van der Waals surface area contributed by atoms with E-state index in [9.17, 15) is 18.0 Å². The molecule has 2 rings (SSSR count). The Hall–Kier alpha value is -2.71. The Labute approximate surface area is 177 Å². The number of amides is 1. The third kappa shape index (κ3) is 7.61. The first kappa shape index (κ1) is 23.6. The van der Waals surface area contributed by atoms with E-state index in [-0.39, 0.29) is 10.9 Å². The van der Waals surface area contributed by atoms with Gasteiger partial charge in [-0.15, -0.1) is 0 Å². The van der Waals surface area contributed by atoms with Crippen LogP contribution in [0.25, 0.3) is 0 Å². The summed E-state index contributed by atoms with van der Waals surface area (Å²) in [4.78, 5) is 24.1. The maximum Gasteiger partial charge on any atom is 0.324 e. The van der Waals surface area contributed by atoms with Crippen molar-refractivity contribution in [1.29, 1.82) is 0 Å². The highest BCUT2D eigenvalue weighted by atomic mass is 32.2. The van der Waals surface area contributed by atoms with Crippen LogP contribution in [-0.4, -0.2) is 39.0 Å². The lowest BCUT2D eigenvalue weighted by Crippen LogP contribution is -2.41. The summed E-state index contributed by atoms with van der Waals surface area (Å²) in [6.45, 7) is 4.62. The number of aryl methyl sites for hydroxylation is 2. The molecule has 0 saturated heterocycles. The van der Waals surface area contributed by atoms with Crippen LogP contribution in [0.3, 0.4) is 0 Å². The van der Waals surface area contributed by atoms with Crippen molar-refractivity contribution in [2.45, 2.75) is 50.6 Å². The number of ether oxygens (including phenoxy) is 1. The molecule has 2 aromatic rings. The summed E-state index contributed by atoms with van der Waals surface area (Å²) < 4.78 is 31.9. The fourth-order valence-corrected chi connectivity index (χ4v) is 3.94. The summed E-state index contributed by atoms with van der Waals surface area (Å²) in [5.74, 6) is -1.25. The molecule has 2 aromatic carbocycles. The molecule has 0 aliphatic carbocycles. The Morgan fingerprint density at radius 2 is 1.63 bits per heavy atom. The van der Waals surface area contributed by atoms with Gasteiger partial charge in [0.05, 0.1) is 4.90 Å². The molecule has 0 bridgehead atoms. The topological polar surface area (TPSA) is 102 Å². The normalized spacial score (nSPS) is 13.3. The number of hydrogen-bond donors (Lipinski definition) is 2. The molecule has 0 aliphatic heterocycles. The molecule has 0 saturated carbocycles. The van der Waals surface area contributed by atoms with Crippen molar-refractivity contribution < 1.29 is 22.7 Å². The van der Waals surface area contributed by atoms with E-state index < -0.39 is 34.5 Å². The van der Waals surface area contributed by atoms with Crippen LogP contribution in [0, 0.1) is 6.92 Å². The van der Waals surface area contributed by atoms with Gasteiger partial charge in [0, 0.05) is 6.04 Å². The first-order valence-corrected chi connectivity index (χ1v) is 11.2. The molecule has 162 valence electrons. The molecule has 0 unspecified atom stereocenters. The van der Waals surface area contributed by atoms with Gasteiger partial charge in [-0.2, -0.15) is 4.72 Å². The van der Waals surface area contributed by atoms with Crippen molar-refractivity contribution in [3.05, 3.63) is 65.7 Å². The van der Waals surface area contributed by atoms with E-state index in [1.54, 1.807) is 12.1 Å². The minimum Gasteiger partial charge on any atom is -0.454 e. The van der Waals surface area contributed by atoms with Gasteiger partial charge in [-0.05, 0) is 51.3 Å². The zero-order valence-corrected chi connectivity index (χ0v) is 18.2. The van der Waals surface area contributed by atoms with Crippen LogP contribution in [0.5, 0.6) is 0 Å². The summed E-state index contributed by atoms with van der Waals surface area (Å²) in [5.41, 5.74) is 2.10. The van der Waals surface area contributed by atoms with E-state index in [1.165, 1.54) is 24.6 Å². The lowest BCUT2D eigenvalue weighted by atomic mass is 10.1. The second kappa shape index (κ2) is 10.9. The van der Waals surface area contributed by atoms with Gasteiger partial charge in [-0.3, -0.25) is 9.59 Å². The fraction of sp³-hybridized carbons (Fsp3) is 0.364. The standard InChI is InChI=1S/C22H28N2O5S/c1-16-9-13-20(14-10-16)30(27,28)24-18(3)22(26)29-15-21(25)23-17(2)11-12-19-7-5-4-6-8-19/h4-10,13-14,17-18,24H,11-12,15H2,1-3H3,(H,23,25)/t17-,18-/m0/s1. The first-order chi connectivity index (χ1) is 14.2. The molecule has 30 heavy (non-hydrogen) atoms. The van der Waals surface area contributed by atoms with Crippen molar-refractivity contribution in [2.75, 3.05) is 6.61 Å². The van der Waals surface area contributed by atoms with Crippen LogP contribution in [0.2, 0.25) is 0 Å². The lowest BCUT2D eigenvalue weighted by molar-refractivity contribution is -0.149. The largest absolute Gasteiger partial charge is 0.454 e. The molecule has 2 N–H and O–H groups in total. The molecule has 0 aliphatic rings. The van der Waals surface area contributed by atoms with Gasteiger partial charge in [0.25, 0.3) is 5.91 Å². The molecule has 2 atom stereocenters. The quantitative estimate of drug-likeness (QED) is 0.561. The third-order valence-corrected chi connectivity index (χ3v) is 6.04. The van der Waals surface area contributed by atoms with Gasteiger partial charge >= 0.3 is 5.97 Å². The maximum atomic E-state index is 12.3. The van der Waals surface area contributed by atoms with Gasteiger partial charge < -0.3 is 10.1 Å². The summed E-state index contributed by atoms with van der Waals surface area (Å²) in [7, 11) is -3.86. The molecule has 1 amide bonds. The van der Waals surface area contributed by atoms with Crippen molar-refractivity contribution in [3.8, 4) is 0 Å². The summed E-state index contributed by atoms with van der Waals surface area (Å²) in [6, 6.07) is 15.0. The van der Waals surface area contributed by atoms with Gasteiger partial charge in [0.2, 0.25) is 10.0 Å². The van der Waals surface area contributed by atoms with Gasteiger partial charge in [-0.1, -0.05) is 48.0 Å². The van der Waals surface area contributed by atoms with Crippen molar-refractivity contribution in [3.63, 3.8) is 0 Å². The summed E-state index contributed by atoms with van der Waals surface area (Å²) >= 11 is 0. The average Bonchev–Trinajstić information content (AvgIpc) is 2.71. The minimum absolute atomic E-state index is 0.0535. The van der Waals surface area contributed by atoms with Gasteiger partial charge in [-0.25, -0.2) is 8.42 Å². The number of carbonyl (C=O) groups excluding carboxylic acids is 2. The van der Waals surface area contributed by atoms with Crippen LogP contribution in [0.1, 0.15) is 31.4 Å². The SMILES string of the molecule is Cc1ccc(S(=O)(=O)N[C@@H](C)C(=O)OCC(=O)N[C@@H](C)CCc2ccccc2)cc1. The van der Waals surface area contributed by atoms with E-state index in [2.05, 4.69) is 10.0 Å². The predicted molar refractivity (Wildman–Crippen MR) is 114 cm³/mol. The molecule has 0 aromatic heterocycles. The predicted octanol–water partition coefficient (Wildman–Crippen LogP) is 2.34. The smallest absolute Gasteiger partial charge is 0.324 e. The van der Waals surface area contributed by atoms with Crippen molar-refractivity contribution in [2.24, 2.45) is 0 Å². The molecule has 8 heteroatoms. The number of nitrogens with one attached hydrogen (secondary N) is 2. The Morgan fingerprint density at radius 3 is 2.27 bits per heavy atom. The van der Waals surface area contributed by atoms with Crippen LogP contribution < -0.4 is 10.0 Å². The number of rotatable bonds is 10. The molecular formula is C22H28N2O5S. The molecule has 0 spiro atoms. The fourth-order valence-electron chi connectivity index (χ4n) is 2.74. The van der Waals surface area contributed by atoms with Crippen LogP contribution in [0.15, 0.2) is 59.5 Å². The van der Waals surface area contributed by atoms with Crippen LogP contribution in [0.4, 0.5) is 0 Å². The van der Waals surface area contributed by atoms with Crippen LogP contribution >= 0.6 is 0 Å². The highest BCUT2D eigenvalue weighted by Crippen LogP contribution is 2.11. The van der Waals surface area contributed by atoms with Crippen molar-refractivity contribution >= 4 is 21.9 Å². The molecule has 7 nitrogen and oxygen atoms in total. The molecule has 0 heterocycles. The third-order valence-electron chi connectivity index (χ3n) is 4.48. The Morgan fingerprint density at radius 1 is 1.00 bits per heavy atom. The Bertz CT molecular complexity index is 943. The zero-order chi connectivity index (χ0) is 22.1. The average molecular weight is 433 g/mol. The van der Waals surface area contributed by atoms with E-state index in [0.717, 1.165) is 18.4 Å². The Balaban J connectivity index is 1.75. The Kier molecular flexibility index (Phi) is 8.56. The molecule has 0 fully saturated rings. The molecule has 0 radical (unpaired) electrons. The number of sulfonamides is 1. The van der Waals surface area contributed by atoms with Crippen LogP contribution in [-0.2, 0) is 30.8 Å². The van der Waals surface area contributed by atoms with Gasteiger partial charge in [0.1, 0.15) is 6.04 Å². The highest BCUT2D eigenvalue weighted by Gasteiger charge is 2.23. The highest BCUT2D eigenvalue weighted by molar-refractivity contribution is 7.89. The van der Waals surface area contributed by atoms with Crippen molar-refractivity contribution in [1.82, 2.24) is 10.0 Å². The van der Waals surface area contributed by atoms with E-state index in [4.69, 9.17) is 4.74 Å². The number of carbonyl (C=O) groups is 2. The zero-order valence-electron chi connectivity index (χ0n) is 17.4. The van der Waals surface area contributed by atoms with E-state index >= 15 is 0 Å². The lowest BCUT2D eigenvalue weighted by Gasteiger charge is -2.16. The number of esters is 1.